The molecule has 0 saturated carbocycles. The van der Waals surface area contributed by atoms with Crippen molar-refractivity contribution in [3.63, 3.8) is 0 Å². The molecule has 1 atom stereocenters. The Balaban J connectivity index is 1.60. The zero-order valence-corrected chi connectivity index (χ0v) is 17.1. The van der Waals surface area contributed by atoms with E-state index in [0.29, 0.717) is 25.2 Å². The van der Waals surface area contributed by atoms with Crippen LogP contribution in [0.1, 0.15) is 29.3 Å². The van der Waals surface area contributed by atoms with Crippen molar-refractivity contribution in [1.82, 2.24) is 14.7 Å². The van der Waals surface area contributed by atoms with E-state index in [4.69, 9.17) is 9.47 Å². The first-order valence-electron chi connectivity index (χ1n) is 10.0. The number of nitrogens with zero attached hydrogens (tertiary/aromatic N) is 3. The molecule has 7 nitrogen and oxygen atoms in total. The summed E-state index contributed by atoms with van der Waals surface area (Å²) in [5.41, 5.74) is 1.60. The number of rotatable bonds is 6. The maximum Gasteiger partial charge on any atom is 0.254 e. The molecule has 0 radical (unpaired) electrons. The van der Waals surface area contributed by atoms with Gasteiger partial charge in [-0.3, -0.25) is 14.5 Å². The molecule has 2 amide bonds. The van der Waals surface area contributed by atoms with Gasteiger partial charge in [-0.05, 0) is 37.1 Å². The highest BCUT2D eigenvalue weighted by Gasteiger charge is 2.32. The standard InChI is InChI=1S/C21H31N3O4/c1-16-14-19(27-3)4-5-20(16)21(26)23-7-6-18(15-23)24(17(2)25)9-8-22-10-12-28-13-11-22/h4-5,14,18H,6-13,15H2,1-3H3. The van der Waals surface area contributed by atoms with Crippen LogP contribution in [0.2, 0.25) is 0 Å². The lowest BCUT2D eigenvalue weighted by Crippen LogP contribution is -2.47. The summed E-state index contributed by atoms with van der Waals surface area (Å²) in [5, 5.41) is 0. The Hall–Kier alpha value is -2.12. The van der Waals surface area contributed by atoms with Gasteiger partial charge in [0.2, 0.25) is 5.91 Å². The predicted molar refractivity (Wildman–Crippen MR) is 107 cm³/mol. The van der Waals surface area contributed by atoms with Crippen LogP contribution in [0.5, 0.6) is 5.75 Å². The highest BCUT2D eigenvalue weighted by atomic mass is 16.5. The van der Waals surface area contributed by atoms with Gasteiger partial charge in [-0.25, -0.2) is 0 Å². The lowest BCUT2D eigenvalue weighted by molar-refractivity contribution is -0.131. The van der Waals surface area contributed by atoms with E-state index in [-0.39, 0.29) is 17.9 Å². The molecule has 2 aliphatic heterocycles. The Morgan fingerprint density at radius 2 is 2.00 bits per heavy atom. The molecule has 0 aromatic heterocycles. The number of morpholine rings is 1. The number of carbonyl (C=O) groups excluding carboxylic acids is 2. The molecule has 0 spiro atoms. The summed E-state index contributed by atoms with van der Waals surface area (Å²) in [6, 6.07) is 5.61. The van der Waals surface area contributed by atoms with Crippen LogP contribution in [0.4, 0.5) is 0 Å². The van der Waals surface area contributed by atoms with Gasteiger partial charge in [-0.1, -0.05) is 0 Å². The number of hydrogen-bond donors (Lipinski definition) is 0. The molecule has 1 aromatic carbocycles. The van der Waals surface area contributed by atoms with E-state index in [1.807, 2.05) is 34.9 Å². The van der Waals surface area contributed by atoms with Crippen molar-refractivity contribution in [3.05, 3.63) is 29.3 Å². The monoisotopic (exact) mass is 389 g/mol. The van der Waals surface area contributed by atoms with Crippen LogP contribution in [-0.2, 0) is 9.53 Å². The Labute approximate surface area is 167 Å². The Morgan fingerprint density at radius 3 is 2.64 bits per heavy atom. The van der Waals surface area contributed by atoms with Gasteiger partial charge < -0.3 is 19.3 Å². The number of carbonyl (C=O) groups is 2. The van der Waals surface area contributed by atoms with E-state index >= 15 is 0 Å². The molecule has 1 aromatic rings. The van der Waals surface area contributed by atoms with Gasteiger partial charge in [0.25, 0.3) is 5.91 Å². The number of amides is 2. The summed E-state index contributed by atoms with van der Waals surface area (Å²) in [7, 11) is 1.62. The second kappa shape index (κ2) is 9.39. The lowest BCUT2D eigenvalue weighted by Gasteiger charge is -2.32. The third kappa shape index (κ3) is 4.83. The van der Waals surface area contributed by atoms with Crippen LogP contribution >= 0.6 is 0 Å². The van der Waals surface area contributed by atoms with Gasteiger partial charge in [0.1, 0.15) is 5.75 Å². The first kappa shape index (κ1) is 20.6. The van der Waals surface area contributed by atoms with Crippen molar-refractivity contribution in [2.45, 2.75) is 26.3 Å². The quantitative estimate of drug-likeness (QED) is 0.736. The third-order valence-corrected chi connectivity index (χ3v) is 5.72. The lowest BCUT2D eigenvalue weighted by atomic mass is 10.1. The van der Waals surface area contributed by atoms with Gasteiger partial charge in [0.15, 0.2) is 0 Å². The molecule has 0 N–H and O–H groups in total. The molecule has 7 heteroatoms. The van der Waals surface area contributed by atoms with Gasteiger partial charge in [0.05, 0.1) is 26.4 Å². The number of benzene rings is 1. The summed E-state index contributed by atoms with van der Waals surface area (Å²) < 4.78 is 10.6. The maximum absolute atomic E-state index is 13.0. The van der Waals surface area contributed by atoms with E-state index in [9.17, 15) is 9.59 Å². The second-order valence-corrected chi connectivity index (χ2v) is 7.54. The normalized spacial score (nSPS) is 20.2. The molecule has 0 bridgehead atoms. The molecule has 2 fully saturated rings. The van der Waals surface area contributed by atoms with Gasteiger partial charge in [-0.2, -0.15) is 0 Å². The molecule has 2 heterocycles. The highest BCUT2D eigenvalue weighted by Crippen LogP contribution is 2.22. The summed E-state index contributed by atoms with van der Waals surface area (Å²) in [6.07, 6.45) is 0.823. The zero-order chi connectivity index (χ0) is 20.1. The van der Waals surface area contributed by atoms with E-state index in [1.165, 1.54) is 0 Å². The fourth-order valence-electron chi connectivity index (χ4n) is 4.03. The van der Waals surface area contributed by atoms with Crippen molar-refractivity contribution in [1.29, 1.82) is 0 Å². The van der Waals surface area contributed by atoms with Crippen molar-refractivity contribution >= 4 is 11.8 Å². The molecule has 3 rings (SSSR count). The average Bonchev–Trinajstić information content (AvgIpc) is 3.18. The molecule has 2 aliphatic rings. The van der Waals surface area contributed by atoms with Crippen LogP contribution in [0, 0.1) is 6.92 Å². The molecular formula is C21H31N3O4. The number of methoxy groups -OCH3 is 1. The topological polar surface area (TPSA) is 62.3 Å². The summed E-state index contributed by atoms with van der Waals surface area (Å²) >= 11 is 0. The average molecular weight is 389 g/mol. The Kier molecular flexibility index (Phi) is 6.91. The highest BCUT2D eigenvalue weighted by molar-refractivity contribution is 5.96. The SMILES string of the molecule is COc1ccc(C(=O)N2CCC(N(CCN3CCOCC3)C(C)=O)C2)c(C)c1. The predicted octanol–water partition coefficient (Wildman–Crippen LogP) is 1.40. The van der Waals surface area contributed by atoms with Crippen molar-refractivity contribution in [3.8, 4) is 5.75 Å². The van der Waals surface area contributed by atoms with E-state index < -0.39 is 0 Å². The van der Waals surface area contributed by atoms with Gasteiger partial charge >= 0.3 is 0 Å². The summed E-state index contributed by atoms with van der Waals surface area (Å²) in [4.78, 5) is 31.3. The third-order valence-electron chi connectivity index (χ3n) is 5.72. The zero-order valence-electron chi connectivity index (χ0n) is 17.1. The van der Waals surface area contributed by atoms with E-state index in [2.05, 4.69) is 4.90 Å². The second-order valence-electron chi connectivity index (χ2n) is 7.54. The Bertz CT molecular complexity index is 703. The van der Waals surface area contributed by atoms with Gasteiger partial charge in [0, 0.05) is 51.8 Å². The van der Waals surface area contributed by atoms with Crippen LogP contribution in [-0.4, -0.2) is 92.1 Å². The number of aryl methyl sites for hydroxylation is 1. The van der Waals surface area contributed by atoms with Crippen LogP contribution in [0.15, 0.2) is 18.2 Å². The molecule has 28 heavy (non-hydrogen) atoms. The molecular weight excluding hydrogens is 358 g/mol. The fraction of sp³-hybridized carbons (Fsp3) is 0.619. The summed E-state index contributed by atoms with van der Waals surface area (Å²) in [6.45, 7) is 9.71. The van der Waals surface area contributed by atoms with Crippen LogP contribution in [0.25, 0.3) is 0 Å². The smallest absolute Gasteiger partial charge is 0.254 e. The molecule has 154 valence electrons. The van der Waals surface area contributed by atoms with Crippen molar-refractivity contribution in [2.24, 2.45) is 0 Å². The Morgan fingerprint density at radius 1 is 1.25 bits per heavy atom. The minimum atomic E-state index is 0.0272. The number of hydrogen-bond acceptors (Lipinski definition) is 5. The molecule has 1 unspecified atom stereocenters. The van der Waals surface area contributed by atoms with Crippen molar-refractivity contribution in [2.75, 3.05) is 59.6 Å². The van der Waals surface area contributed by atoms with Gasteiger partial charge in [-0.15, -0.1) is 0 Å². The fourth-order valence-corrected chi connectivity index (χ4v) is 4.03. The maximum atomic E-state index is 13.0. The molecule has 2 saturated heterocycles. The van der Waals surface area contributed by atoms with E-state index in [0.717, 1.165) is 50.6 Å². The van der Waals surface area contributed by atoms with Crippen molar-refractivity contribution < 1.29 is 19.1 Å². The first-order chi connectivity index (χ1) is 13.5. The summed E-state index contributed by atoms with van der Waals surface area (Å²) in [5.74, 6) is 0.853. The number of ether oxygens (including phenoxy) is 2. The van der Waals surface area contributed by atoms with Crippen LogP contribution in [0.3, 0.4) is 0 Å². The first-order valence-corrected chi connectivity index (χ1v) is 10.0. The largest absolute Gasteiger partial charge is 0.497 e. The van der Waals surface area contributed by atoms with Crippen LogP contribution < -0.4 is 4.74 Å². The number of likely N-dealkylation sites (tertiary alicyclic amines) is 1. The van der Waals surface area contributed by atoms with E-state index in [1.54, 1.807) is 14.0 Å². The molecule has 0 aliphatic carbocycles. The minimum Gasteiger partial charge on any atom is -0.497 e. The minimum absolute atomic E-state index is 0.0272.